The first kappa shape index (κ1) is 16.2. The second-order valence-electron chi connectivity index (χ2n) is 5.00. The van der Waals surface area contributed by atoms with Crippen molar-refractivity contribution in [3.63, 3.8) is 0 Å². The summed E-state index contributed by atoms with van der Waals surface area (Å²) in [6.07, 6.45) is 2.67. The van der Waals surface area contributed by atoms with Crippen molar-refractivity contribution in [2.24, 2.45) is 0 Å². The van der Waals surface area contributed by atoms with Gasteiger partial charge in [0.25, 0.3) is 0 Å². The first-order valence-electron chi connectivity index (χ1n) is 7.27. The van der Waals surface area contributed by atoms with Gasteiger partial charge in [0.2, 0.25) is 0 Å². The molecule has 1 heterocycles. The molecular weight excluding hydrogens is 294 g/mol. The van der Waals surface area contributed by atoms with Crippen LogP contribution in [0.2, 0.25) is 0 Å². The molecule has 1 aromatic heterocycles. The minimum absolute atomic E-state index is 0.148. The third-order valence-corrected chi connectivity index (χ3v) is 3.69. The SMILES string of the molecule is CC[C@H](NC(=S)Nc1ncccc1C)c1ccc(OC)cc1. The van der Waals surface area contributed by atoms with Crippen LogP contribution >= 0.6 is 12.2 Å². The molecule has 22 heavy (non-hydrogen) atoms. The van der Waals surface area contributed by atoms with Gasteiger partial charge in [-0.2, -0.15) is 0 Å². The van der Waals surface area contributed by atoms with E-state index in [1.807, 2.05) is 31.2 Å². The molecule has 0 radical (unpaired) electrons. The lowest BCUT2D eigenvalue weighted by Gasteiger charge is -2.20. The van der Waals surface area contributed by atoms with E-state index in [4.69, 9.17) is 17.0 Å². The van der Waals surface area contributed by atoms with Crippen molar-refractivity contribution in [2.75, 3.05) is 12.4 Å². The van der Waals surface area contributed by atoms with Gasteiger partial charge in [-0.25, -0.2) is 4.98 Å². The Kier molecular flexibility index (Phi) is 5.72. The highest BCUT2D eigenvalue weighted by Crippen LogP contribution is 2.20. The number of rotatable bonds is 5. The van der Waals surface area contributed by atoms with Gasteiger partial charge in [0.15, 0.2) is 5.11 Å². The number of thiocarbonyl (C=S) groups is 1. The summed E-state index contributed by atoms with van der Waals surface area (Å²) in [6, 6.07) is 12.1. The number of anilines is 1. The number of pyridine rings is 1. The lowest BCUT2D eigenvalue weighted by atomic mass is 10.0. The van der Waals surface area contributed by atoms with Gasteiger partial charge in [0, 0.05) is 6.20 Å². The first-order valence-corrected chi connectivity index (χ1v) is 7.68. The smallest absolute Gasteiger partial charge is 0.172 e. The number of benzene rings is 1. The standard InChI is InChI=1S/C17H21N3OS/c1-4-15(13-7-9-14(21-3)10-8-13)19-17(22)20-16-12(2)6-5-11-18-16/h5-11,15H,4H2,1-3H3,(H2,18,19,20,22)/t15-/m0/s1. The molecule has 116 valence electrons. The number of aromatic nitrogens is 1. The second kappa shape index (κ2) is 7.75. The molecule has 4 nitrogen and oxygen atoms in total. The van der Waals surface area contributed by atoms with E-state index in [0.717, 1.165) is 23.6 Å². The zero-order valence-electron chi connectivity index (χ0n) is 13.1. The van der Waals surface area contributed by atoms with Gasteiger partial charge in [-0.3, -0.25) is 0 Å². The summed E-state index contributed by atoms with van der Waals surface area (Å²) in [5.74, 6) is 1.63. The molecule has 1 aromatic carbocycles. The number of hydrogen-bond acceptors (Lipinski definition) is 3. The molecule has 5 heteroatoms. The lowest BCUT2D eigenvalue weighted by Crippen LogP contribution is -2.32. The summed E-state index contributed by atoms with van der Waals surface area (Å²) >= 11 is 5.40. The number of ether oxygens (including phenoxy) is 1. The normalized spacial score (nSPS) is 11.6. The Hall–Kier alpha value is -2.14. The van der Waals surface area contributed by atoms with Gasteiger partial charge in [0.1, 0.15) is 11.6 Å². The number of nitrogens with zero attached hydrogens (tertiary/aromatic N) is 1. The van der Waals surface area contributed by atoms with Crippen molar-refractivity contribution >= 4 is 23.1 Å². The van der Waals surface area contributed by atoms with E-state index in [9.17, 15) is 0 Å². The molecule has 0 spiro atoms. The molecule has 0 aliphatic carbocycles. The molecule has 0 amide bonds. The molecular formula is C17H21N3OS. The molecule has 2 rings (SSSR count). The van der Waals surface area contributed by atoms with E-state index in [-0.39, 0.29) is 6.04 Å². The van der Waals surface area contributed by atoms with Crippen LogP contribution in [-0.4, -0.2) is 17.2 Å². The zero-order valence-corrected chi connectivity index (χ0v) is 13.9. The number of methoxy groups -OCH3 is 1. The van der Waals surface area contributed by atoms with Crippen LogP contribution in [0.1, 0.15) is 30.5 Å². The van der Waals surface area contributed by atoms with Crippen molar-refractivity contribution in [3.05, 3.63) is 53.7 Å². The molecule has 0 saturated carbocycles. The van der Waals surface area contributed by atoms with E-state index < -0.39 is 0 Å². The fraction of sp³-hybridized carbons (Fsp3) is 0.294. The highest BCUT2D eigenvalue weighted by atomic mass is 32.1. The van der Waals surface area contributed by atoms with E-state index in [0.29, 0.717) is 5.11 Å². The van der Waals surface area contributed by atoms with Crippen molar-refractivity contribution in [3.8, 4) is 5.75 Å². The Labute approximate surface area is 136 Å². The minimum Gasteiger partial charge on any atom is -0.497 e. The number of nitrogens with one attached hydrogen (secondary N) is 2. The van der Waals surface area contributed by atoms with Gasteiger partial charge in [0.05, 0.1) is 13.2 Å². The Balaban J connectivity index is 2.03. The maximum atomic E-state index is 5.40. The highest BCUT2D eigenvalue weighted by Gasteiger charge is 2.11. The Morgan fingerprint density at radius 1 is 1.27 bits per heavy atom. The molecule has 0 fully saturated rings. The third kappa shape index (κ3) is 4.18. The van der Waals surface area contributed by atoms with Crippen LogP contribution in [0.3, 0.4) is 0 Å². The Bertz CT molecular complexity index is 628. The highest BCUT2D eigenvalue weighted by molar-refractivity contribution is 7.80. The second-order valence-corrected chi connectivity index (χ2v) is 5.41. The average Bonchev–Trinajstić information content (AvgIpc) is 2.55. The van der Waals surface area contributed by atoms with Crippen molar-refractivity contribution in [1.29, 1.82) is 0 Å². The van der Waals surface area contributed by atoms with Gasteiger partial charge < -0.3 is 15.4 Å². The van der Waals surface area contributed by atoms with Gasteiger partial charge in [-0.05, 0) is 54.9 Å². The van der Waals surface area contributed by atoms with Gasteiger partial charge in [-0.15, -0.1) is 0 Å². The van der Waals surface area contributed by atoms with E-state index in [1.165, 1.54) is 5.56 Å². The van der Waals surface area contributed by atoms with Gasteiger partial charge >= 0.3 is 0 Å². The van der Waals surface area contributed by atoms with Crippen LogP contribution in [0.25, 0.3) is 0 Å². The molecule has 2 aromatic rings. The van der Waals surface area contributed by atoms with Crippen LogP contribution in [0.5, 0.6) is 5.75 Å². The maximum absolute atomic E-state index is 5.40. The van der Waals surface area contributed by atoms with Crippen LogP contribution in [0.4, 0.5) is 5.82 Å². The predicted molar refractivity (Wildman–Crippen MR) is 94.4 cm³/mol. The predicted octanol–water partition coefficient (Wildman–Crippen LogP) is 3.84. The fourth-order valence-electron chi connectivity index (χ4n) is 2.18. The lowest BCUT2D eigenvalue weighted by molar-refractivity contribution is 0.414. The van der Waals surface area contributed by atoms with E-state index in [2.05, 4.69) is 34.7 Å². The van der Waals surface area contributed by atoms with E-state index >= 15 is 0 Å². The fourth-order valence-corrected chi connectivity index (χ4v) is 2.41. The summed E-state index contributed by atoms with van der Waals surface area (Å²) in [4.78, 5) is 4.29. The van der Waals surface area contributed by atoms with Crippen LogP contribution < -0.4 is 15.4 Å². The largest absolute Gasteiger partial charge is 0.497 e. The third-order valence-electron chi connectivity index (χ3n) is 3.47. The van der Waals surface area contributed by atoms with Crippen molar-refractivity contribution < 1.29 is 4.74 Å². The van der Waals surface area contributed by atoms with Crippen LogP contribution in [0, 0.1) is 6.92 Å². The van der Waals surface area contributed by atoms with Crippen LogP contribution in [-0.2, 0) is 0 Å². The Morgan fingerprint density at radius 3 is 2.59 bits per heavy atom. The molecule has 0 bridgehead atoms. The summed E-state index contributed by atoms with van der Waals surface area (Å²) in [5.41, 5.74) is 2.23. The van der Waals surface area contributed by atoms with Crippen LogP contribution in [0.15, 0.2) is 42.6 Å². The summed E-state index contributed by atoms with van der Waals surface area (Å²) in [5, 5.41) is 7.06. The summed E-state index contributed by atoms with van der Waals surface area (Å²) in [6.45, 7) is 4.12. The molecule has 0 saturated heterocycles. The molecule has 1 atom stereocenters. The Morgan fingerprint density at radius 2 is 2.00 bits per heavy atom. The zero-order chi connectivity index (χ0) is 15.9. The quantitative estimate of drug-likeness (QED) is 0.821. The van der Waals surface area contributed by atoms with Crippen molar-refractivity contribution in [2.45, 2.75) is 26.3 Å². The topological polar surface area (TPSA) is 46.2 Å². The average molecular weight is 315 g/mol. The molecule has 0 aliphatic heterocycles. The summed E-state index contributed by atoms with van der Waals surface area (Å²) < 4.78 is 5.19. The van der Waals surface area contributed by atoms with Gasteiger partial charge in [-0.1, -0.05) is 25.1 Å². The van der Waals surface area contributed by atoms with Crippen molar-refractivity contribution in [1.82, 2.24) is 10.3 Å². The first-order chi connectivity index (χ1) is 10.6. The van der Waals surface area contributed by atoms with E-state index in [1.54, 1.807) is 13.3 Å². The monoisotopic (exact) mass is 315 g/mol. The molecule has 2 N–H and O–H groups in total. The number of hydrogen-bond donors (Lipinski definition) is 2. The summed E-state index contributed by atoms with van der Waals surface area (Å²) in [7, 11) is 1.67. The minimum atomic E-state index is 0.148. The molecule has 0 unspecified atom stereocenters. The number of aryl methyl sites for hydroxylation is 1. The molecule has 0 aliphatic rings. The maximum Gasteiger partial charge on any atom is 0.172 e.